The molecule has 1 aliphatic heterocycles. The number of nitrogens with zero attached hydrogens (tertiary/aromatic N) is 3. The number of nitrogens with one attached hydrogen (secondary N) is 2. The van der Waals surface area contributed by atoms with E-state index in [0.29, 0.717) is 36.8 Å². The second-order valence-electron chi connectivity index (χ2n) is 10.4. The Morgan fingerprint density at radius 3 is 1.94 bits per heavy atom. The van der Waals surface area contributed by atoms with Crippen LogP contribution in [0.15, 0.2) is 48.5 Å². The lowest BCUT2D eigenvalue weighted by Gasteiger charge is -2.37. The number of piperazine rings is 1. The molecule has 1 atom stereocenters. The number of urea groups is 1. The second-order valence-corrected chi connectivity index (χ2v) is 10.4. The largest absolute Gasteiger partial charge is 0.368 e. The molecule has 2 aromatic carbocycles. The minimum atomic E-state index is -0.488. The molecule has 0 saturated carbocycles. The quantitative estimate of drug-likeness (QED) is 0.409. The predicted octanol–water partition coefficient (Wildman–Crippen LogP) is 5.35. The molecule has 2 N–H and O–H groups in total. The number of rotatable bonds is 7. The number of amides is 3. The zero-order chi connectivity index (χ0) is 25.6. The summed E-state index contributed by atoms with van der Waals surface area (Å²) in [6, 6.07) is 12.8. The second kappa shape index (κ2) is 11.2. The predicted molar refractivity (Wildman–Crippen MR) is 139 cm³/mol. The summed E-state index contributed by atoms with van der Waals surface area (Å²) in [7, 11) is 0. The Kier molecular flexibility index (Phi) is 8.32. The number of nitro benzene ring substituents is 1. The molecule has 1 heterocycles. The van der Waals surface area contributed by atoms with Crippen molar-refractivity contribution in [2.75, 3.05) is 41.7 Å². The van der Waals surface area contributed by atoms with E-state index in [4.69, 9.17) is 0 Å². The molecule has 2 aromatic rings. The fourth-order valence-corrected chi connectivity index (χ4v) is 4.47. The number of hydrogen-bond acceptors (Lipinski definition) is 5. The van der Waals surface area contributed by atoms with Crippen molar-refractivity contribution in [3.8, 4) is 0 Å². The van der Waals surface area contributed by atoms with Gasteiger partial charge in [0.05, 0.1) is 4.92 Å². The maximum Gasteiger partial charge on any atom is 0.323 e. The summed E-state index contributed by atoms with van der Waals surface area (Å²) in [4.78, 5) is 39.4. The Morgan fingerprint density at radius 1 is 0.943 bits per heavy atom. The molecular weight excluding hydrogens is 446 g/mol. The van der Waals surface area contributed by atoms with Crippen molar-refractivity contribution in [1.82, 2.24) is 4.90 Å². The van der Waals surface area contributed by atoms with E-state index in [1.807, 2.05) is 29.2 Å². The molecule has 0 aliphatic carbocycles. The number of benzene rings is 2. The molecule has 0 bridgehead atoms. The fraction of sp³-hybridized carbons (Fsp3) is 0.462. The van der Waals surface area contributed by atoms with E-state index < -0.39 is 11.0 Å². The Balaban J connectivity index is 1.46. The molecule has 1 aliphatic rings. The summed E-state index contributed by atoms with van der Waals surface area (Å²) in [5.41, 5.74) is 2.33. The number of carbonyl (C=O) groups excluding carboxylic acids is 2. The van der Waals surface area contributed by atoms with Crippen molar-refractivity contribution in [3.05, 3.63) is 58.6 Å². The highest BCUT2D eigenvalue weighted by Gasteiger charge is 2.24. The Morgan fingerprint density at radius 2 is 1.46 bits per heavy atom. The van der Waals surface area contributed by atoms with Crippen LogP contribution in [0, 0.1) is 21.4 Å². The monoisotopic (exact) mass is 481 g/mol. The number of non-ortho nitro benzene ring substituents is 1. The molecule has 0 radical (unpaired) electrons. The molecule has 9 heteroatoms. The average Bonchev–Trinajstić information content (AvgIpc) is 2.78. The van der Waals surface area contributed by atoms with E-state index in [0.717, 1.165) is 25.2 Å². The summed E-state index contributed by atoms with van der Waals surface area (Å²) in [6.07, 6.45) is 1.63. The van der Waals surface area contributed by atoms with Crippen molar-refractivity contribution < 1.29 is 14.5 Å². The molecule has 0 unspecified atom stereocenters. The summed E-state index contributed by atoms with van der Waals surface area (Å²) in [5, 5.41) is 16.1. The van der Waals surface area contributed by atoms with E-state index in [9.17, 15) is 19.7 Å². The molecule has 188 valence electrons. The van der Waals surface area contributed by atoms with E-state index >= 15 is 0 Å². The van der Waals surface area contributed by atoms with Gasteiger partial charge in [0.15, 0.2) is 0 Å². The van der Waals surface area contributed by atoms with Crippen LogP contribution in [-0.4, -0.2) is 47.9 Å². The molecular formula is C26H35N5O4. The normalized spacial score (nSPS) is 14.9. The maximum atomic E-state index is 12.7. The highest BCUT2D eigenvalue weighted by Crippen LogP contribution is 2.27. The third-order valence-electron chi connectivity index (χ3n) is 5.94. The first-order chi connectivity index (χ1) is 16.5. The average molecular weight is 482 g/mol. The molecule has 0 aromatic heterocycles. The summed E-state index contributed by atoms with van der Waals surface area (Å²) in [6.45, 7) is 11.7. The lowest BCUT2D eigenvalue weighted by Crippen LogP contribution is -2.49. The van der Waals surface area contributed by atoms with Crippen molar-refractivity contribution in [1.29, 1.82) is 0 Å². The lowest BCUT2D eigenvalue weighted by molar-refractivity contribution is -0.384. The smallest absolute Gasteiger partial charge is 0.323 e. The highest BCUT2D eigenvalue weighted by atomic mass is 16.6. The summed E-state index contributed by atoms with van der Waals surface area (Å²) >= 11 is 0. The molecule has 3 amide bonds. The number of hydrogen-bond donors (Lipinski definition) is 2. The Hall–Kier alpha value is -3.62. The van der Waals surface area contributed by atoms with Crippen LogP contribution >= 0.6 is 0 Å². The van der Waals surface area contributed by atoms with Gasteiger partial charge in [-0.05, 0) is 54.2 Å². The minimum Gasteiger partial charge on any atom is -0.368 e. The van der Waals surface area contributed by atoms with Crippen LogP contribution < -0.4 is 15.5 Å². The van der Waals surface area contributed by atoms with Crippen molar-refractivity contribution in [2.45, 2.75) is 40.5 Å². The zero-order valence-corrected chi connectivity index (χ0v) is 20.9. The van der Waals surface area contributed by atoms with Crippen LogP contribution in [0.2, 0.25) is 0 Å². The van der Waals surface area contributed by atoms with Crippen LogP contribution in [0.4, 0.5) is 27.5 Å². The topological polar surface area (TPSA) is 108 Å². The molecule has 0 spiro atoms. The van der Waals surface area contributed by atoms with Crippen molar-refractivity contribution >= 4 is 34.7 Å². The standard InChI is InChI=1S/C26H35N5O4/c1-19(18-26(2,3)4)17-24(32)30-15-13-29(14-16-30)22-9-5-20(6-10-22)27-25(33)28-21-7-11-23(12-8-21)31(34)35/h5-12,19H,13-18H2,1-4H3,(H2,27,28,33)/t19-/m0/s1. The maximum absolute atomic E-state index is 12.7. The van der Waals surface area contributed by atoms with Crippen LogP contribution in [-0.2, 0) is 4.79 Å². The van der Waals surface area contributed by atoms with Gasteiger partial charge in [-0.15, -0.1) is 0 Å². The third-order valence-corrected chi connectivity index (χ3v) is 5.94. The van der Waals surface area contributed by atoms with Gasteiger partial charge in [0, 0.05) is 61.8 Å². The van der Waals surface area contributed by atoms with Gasteiger partial charge < -0.3 is 20.4 Å². The molecule has 3 rings (SSSR count). The summed E-state index contributed by atoms with van der Waals surface area (Å²) < 4.78 is 0. The van der Waals surface area contributed by atoms with Gasteiger partial charge in [0.1, 0.15) is 0 Å². The van der Waals surface area contributed by atoms with Crippen LogP contribution in [0.1, 0.15) is 40.5 Å². The van der Waals surface area contributed by atoms with Crippen LogP contribution in [0.3, 0.4) is 0 Å². The van der Waals surface area contributed by atoms with E-state index in [-0.39, 0.29) is 17.0 Å². The van der Waals surface area contributed by atoms with Gasteiger partial charge >= 0.3 is 6.03 Å². The van der Waals surface area contributed by atoms with Crippen molar-refractivity contribution in [3.63, 3.8) is 0 Å². The van der Waals surface area contributed by atoms with Gasteiger partial charge in [0.2, 0.25) is 5.91 Å². The number of carbonyl (C=O) groups is 2. The molecule has 1 fully saturated rings. The first-order valence-corrected chi connectivity index (χ1v) is 12.0. The SMILES string of the molecule is C[C@@H](CC(=O)N1CCN(c2ccc(NC(=O)Nc3ccc([N+](=O)[O-])cc3)cc2)CC1)CC(C)(C)C. The minimum absolute atomic E-state index is 0.0353. The van der Waals surface area contributed by atoms with Crippen LogP contribution in [0.25, 0.3) is 0 Å². The van der Waals surface area contributed by atoms with Crippen LogP contribution in [0.5, 0.6) is 0 Å². The van der Waals surface area contributed by atoms with E-state index in [1.165, 1.54) is 24.3 Å². The molecule has 1 saturated heterocycles. The third kappa shape index (κ3) is 7.98. The Bertz CT molecular complexity index is 1020. The lowest BCUT2D eigenvalue weighted by atomic mass is 9.84. The number of anilines is 3. The van der Waals surface area contributed by atoms with Crippen molar-refractivity contribution in [2.24, 2.45) is 11.3 Å². The zero-order valence-electron chi connectivity index (χ0n) is 20.9. The van der Waals surface area contributed by atoms with E-state index in [2.05, 4.69) is 43.2 Å². The van der Waals surface area contributed by atoms with Gasteiger partial charge in [0.25, 0.3) is 5.69 Å². The van der Waals surface area contributed by atoms with Gasteiger partial charge in [-0.1, -0.05) is 27.7 Å². The Labute approximate surface area is 206 Å². The first kappa shape index (κ1) is 26.0. The van der Waals surface area contributed by atoms with E-state index in [1.54, 1.807) is 0 Å². The van der Waals surface area contributed by atoms with Gasteiger partial charge in [-0.25, -0.2) is 4.79 Å². The highest BCUT2D eigenvalue weighted by molar-refractivity contribution is 5.99. The first-order valence-electron chi connectivity index (χ1n) is 12.0. The molecule has 9 nitrogen and oxygen atoms in total. The molecule has 35 heavy (non-hydrogen) atoms. The van der Waals surface area contributed by atoms with Gasteiger partial charge in [-0.3, -0.25) is 14.9 Å². The fourth-order valence-electron chi connectivity index (χ4n) is 4.47. The van der Waals surface area contributed by atoms with Gasteiger partial charge in [-0.2, -0.15) is 0 Å². The summed E-state index contributed by atoms with van der Waals surface area (Å²) in [5.74, 6) is 0.609. The number of nitro groups is 1.